The predicted octanol–water partition coefficient (Wildman–Crippen LogP) is 4.42. The molecule has 0 amide bonds. The van der Waals surface area contributed by atoms with Gasteiger partial charge in [-0.25, -0.2) is 9.07 Å². The third-order valence-corrected chi connectivity index (χ3v) is 5.33. The molecule has 2 aromatic carbocycles. The quantitative estimate of drug-likeness (QED) is 0.714. The van der Waals surface area contributed by atoms with E-state index in [0.717, 1.165) is 36.2 Å². The van der Waals surface area contributed by atoms with Gasteiger partial charge in [0.05, 0.1) is 6.20 Å². The van der Waals surface area contributed by atoms with E-state index in [1.807, 2.05) is 37.4 Å². The van der Waals surface area contributed by atoms with Crippen LogP contribution in [-0.4, -0.2) is 27.3 Å². The number of anilines is 1. The molecule has 28 heavy (non-hydrogen) atoms. The van der Waals surface area contributed by atoms with E-state index in [2.05, 4.69) is 15.6 Å². The number of benzene rings is 2. The molecule has 1 N–H and O–H groups in total. The summed E-state index contributed by atoms with van der Waals surface area (Å²) >= 11 is 0. The summed E-state index contributed by atoms with van der Waals surface area (Å²) in [4.78, 5) is 13.0. The first-order valence-electron chi connectivity index (χ1n) is 9.62. The number of carbonyl (C=O) groups is 1. The van der Waals surface area contributed by atoms with Crippen molar-refractivity contribution in [3.8, 4) is 11.3 Å². The maximum Gasteiger partial charge on any atom is 0.162 e. The summed E-state index contributed by atoms with van der Waals surface area (Å²) in [6.45, 7) is 2.59. The van der Waals surface area contributed by atoms with Gasteiger partial charge in [0.15, 0.2) is 5.78 Å². The SMILES string of the molecule is Cc1ccc(-c2cn(C3CCC[C@@H](CNc4ccc(F)cc4)C3=O)nn2)cc1. The molecule has 0 spiro atoms. The maximum absolute atomic E-state index is 13.0. The highest BCUT2D eigenvalue weighted by molar-refractivity contribution is 5.86. The highest BCUT2D eigenvalue weighted by Gasteiger charge is 2.33. The third kappa shape index (κ3) is 3.96. The van der Waals surface area contributed by atoms with Crippen molar-refractivity contribution in [2.45, 2.75) is 32.2 Å². The van der Waals surface area contributed by atoms with Crippen molar-refractivity contribution in [3.63, 3.8) is 0 Å². The molecule has 1 fully saturated rings. The molecule has 1 saturated carbocycles. The molecular weight excluding hydrogens is 355 g/mol. The fourth-order valence-corrected chi connectivity index (χ4v) is 3.67. The predicted molar refractivity (Wildman–Crippen MR) is 106 cm³/mol. The molecule has 1 aromatic heterocycles. The van der Waals surface area contributed by atoms with Gasteiger partial charge in [0, 0.05) is 23.7 Å². The number of ketones is 1. The molecule has 0 saturated heterocycles. The van der Waals surface area contributed by atoms with E-state index in [4.69, 9.17) is 0 Å². The van der Waals surface area contributed by atoms with Crippen LogP contribution in [0.4, 0.5) is 10.1 Å². The minimum atomic E-state index is -0.277. The van der Waals surface area contributed by atoms with Crippen molar-refractivity contribution < 1.29 is 9.18 Å². The molecule has 2 atom stereocenters. The minimum absolute atomic E-state index is 0.0872. The van der Waals surface area contributed by atoms with Crippen LogP contribution in [0.3, 0.4) is 0 Å². The molecule has 1 unspecified atom stereocenters. The molecule has 1 heterocycles. The molecule has 3 aromatic rings. The topological polar surface area (TPSA) is 59.8 Å². The number of carbonyl (C=O) groups excluding carboxylic acids is 1. The van der Waals surface area contributed by atoms with Gasteiger partial charge in [-0.3, -0.25) is 4.79 Å². The molecule has 0 radical (unpaired) electrons. The van der Waals surface area contributed by atoms with Crippen LogP contribution in [0.25, 0.3) is 11.3 Å². The van der Waals surface area contributed by atoms with Crippen LogP contribution in [0.1, 0.15) is 30.9 Å². The molecule has 144 valence electrons. The fourth-order valence-electron chi connectivity index (χ4n) is 3.67. The van der Waals surface area contributed by atoms with E-state index in [-0.39, 0.29) is 23.6 Å². The van der Waals surface area contributed by atoms with E-state index in [1.165, 1.54) is 17.7 Å². The van der Waals surface area contributed by atoms with Crippen LogP contribution in [0.15, 0.2) is 54.7 Å². The largest absolute Gasteiger partial charge is 0.384 e. The average molecular weight is 378 g/mol. The smallest absolute Gasteiger partial charge is 0.162 e. The zero-order chi connectivity index (χ0) is 19.5. The Kier molecular flexibility index (Phi) is 5.19. The monoisotopic (exact) mass is 378 g/mol. The summed E-state index contributed by atoms with van der Waals surface area (Å²) in [7, 11) is 0. The average Bonchev–Trinajstić information content (AvgIpc) is 3.19. The maximum atomic E-state index is 13.0. The van der Waals surface area contributed by atoms with Gasteiger partial charge in [0.2, 0.25) is 0 Å². The summed E-state index contributed by atoms with van der Waals surface area (Å²) < 4.78 is 14.7. The number of rotatable bonds is 5. The lowest BCUT2D eigenvalue weighted by Gasteiger charge is -2.28. The summed E-state index contributed by atoms with van der Waals surface area (Å²) in [5.41, 5.74) is 3.78. The first-order valence-corrected chi connectivity index (χ1v) is 9.62. The summed E-state index contributed by atoms with van der Waals surface area (Å²) in [6, 6.07) is 14.0. The van der Waals surface area contributed by atoms with E-state index < -0.39 is 0 Å². The highest BCUT2D eigenvalue weighted by Crippen LogP contribution is 2.30. The van der Waals surface area contributed by atoms with Crippen LogP contribution in [0, 0.1) is 18.7 Å². The Balaban J connectivity index is 1.44. The zero-order valence-corrected chi connectivity index (χ0v) is 15.8. The minimum Gasteiger partial charge on any atom is -0.384 e. The van der Waals surface area contributed by atoms with Crippen molar-refractivity contribution in [2.24, 2.45) is 5.92 Å². The normalized spacial score (nSPS) is 19.6. The van der Waals surface area contributed by atoms with Gasteiger partial charge >= 0.3 is 0 Å². The van der Waals surface area contributed by atoms with E-state index >= 15 is 0 Å². The van der Waals surface area contributed by atoms with Crippen molar-refractivity contribution in [3.05, 3.63) is 66.1 Å². The van der Waals surface area contributed by atoms with Crippen molar-refractivity contribution >= 4 is 11.5 Å². The summed E-state index contributed by atoms with van der Waals surface area (Å²) in [5, 5.41) is 11.7. The Labute approximate surface area is 163 Å². The zero-order valence-electron chi connectivity index (χ0n) is 15.8. The number of Topliss-reactive ketones (excluding diaryl/α,β-unsaturated/α-hetero) is 1. The molecule has 0 bridgehead atoms. The standard InChI is InChI=1S/C22H23FN4O/c1-15-5-7-16(8-6-15)20-14-27(26-25-20)21-4-2-3-17(22(21)28)13-24-19-11-9-18(23)10-12-19/h5-12,14,17,21,24H,2-4,13H2,1H3/t17-,21?/m0/s1. The second-order valence-electron chi connectivity index (χ2n) is 7.38. The number of halogens is 1. The second kappa shape index (κ2) is 7.92. The van der Waals surface area contributed by atoms with Crippen LogP contribution < -0.4 is 5.32 Å². The van der Waals surface area contributed by atoms with Gasteiger partial charge < -0.3 is 5.32 Å². The van der Waals surface area contributed by atoms with Gasteiger partial charge in [-0.2, -0.15) is 0 Å². The van der Waals surface area contributed by atoms with Crippen molar-refractivity contribution in [2.75, 3.05) is 11.9 Å². The van der Waals surface area contributed by atoms with Crippen LogP contribution in [0.5, 0.6) is 0 Å². The van der Waals surface area contributed by atoms with Gasteiger partial charge in [-0.1, -0.05) is 41.5 Å². The molecule has 4 rings (SSSR count). The fraction of sp³-hybridized carbons (Fsp3) is 0.318. The van der Waals surface area contributed by atoms with Crippen molar-refractivity contribution in [1.29, 1.82) is 0 Å². The molecule has 1 aliphatic rings. The number of hydrogen-bond acceptors (Lipinski definition) is 4. The van der Waals surface area contributed by atoms with Gasteiger partial charge in [-0.15, -0.1) is 5.10 Å². The molecule has 6 heteroatoms. The van der Waals surface area contributed by atoms with Crippen molar-refractivity contribution in [1.82, 2.24) is 15.0 Å². The third-order valence-electron chi connectivity index (χ3n) is 5.33. The molecule has 5 nitrogen and oxygen atoms in total. The number of nitrogens with one attached hydrogen (secondary N) is 1. The number of nitrogens with zero attached hydrogens (tertiary/aromatic N) is 3. The Morgan fingerprint density at radius 1 is 1.11 bits per heavy atom. The Morgan fingerprint density at radius 3 is 2.61 bits per heavy atom. The van der Waals surface area contributed by atoms with E-state index in [0.29, 0.717) is 6.54 Å². The van der Waals surface area contributed by atoms with Gasteiger partial charge in [0.1, 0.15) is 17.6 Å². The lowest BCUT2D eigenvalue weighted by molar-refractivity contribution is -0.128. The Hall–Kier alpha value is -3.02. The Bertz CT molecular complexity index is 949. The molecular formula is C22H23FN4O. The molecule has 0 aliphatic heterocycles. The van der Waals surface area contributed by atoms with Crippen LogP contribution >= 0.6 is 0 Å². The van der Waals surface area contributed by atoms with Crippen LogP contribution in [0.2, 0.25) is 0 Å². The number of hydrogen-bond donors (Lipinski definition) is 1. The van der Waals surface area contributed by atoms with E-state index in [1.54, 1.807) is 16.8 Å². The second-order valence-corrected chi connectivity index (χ2v) is 7.38. The first-order chi connectivity index (χ1) is 13.6. The number of aryl methyl sites for hydroxylation is 1. The lowest BCUT2D eigenvalue weighted by atomic mass is 9.84. The van der Waals surface area contributed by atoms with Crippen LogP contribution in [-0.2, 0) is 4.79 Å². The Morgan fingerprint density at radius 2 is 1.86 bits per heavy atom. The van der Waals surface area contributed by atoms with Gasteiger partial charge in [-0.05, 0) is 44.0 Å². The number of aromatic nitrogens is 3. The van der Waals surface area contributed by atoms with E-state index in [9.17, 15) is 9.18 Å². The summed E-state index contributed by atoms with van der Waals surface area (Å²) in [5.74, 6) is -0.174. The first kappa shape index (κ1) is 18.3. The lowest BCUT2D eigenvalue weighted by Crippen LogP contribution is -2.34. The highest BCUT2D eigenvalue weighted by atomic mass is 19.1. The molecule has 1 aliphatic carbocycles. The van der Waals surface area contributed by atoms with Gasteiger partial charge in [0.25, 0.3) is 0 Å². The summed E-state index contributed by atoms with van der Waals surface area (Å²) in [6.07, 6.45) is 4.46.